The third kappa shape index (κ3) is 3.96. The first kappa shape index (κ1) is 20.8. The summed E-state index contributed by atoms with van der Waals surface area (Å²) in [5, 5.41) is 1.25. The molecule has 0 fully saturated rings. The second kappa shape index (κ2) is 7.99. The second-order valence-corrected chi connectivity index (χ2v) is 9.46. The van der Waals surface area contributed by atoms with Gasteiger partial charge in [0.1, 0.15) is 17.3 Å². The highest BCUT2D eigenvalue weighted by Gasteiger charge is 2.31. The zero-order chi connectivity index (χ0) is 22.2. The summed E-state index contributed by atoms with van der Waals surface area (Å²) >= 11 is 0. The van der Waals surface area contributed by atoms with Crippen molar-refractivity contribution in [3.8, 4) is 0 Å². The van der Waals surface area contributed by atoms with Crippen molar-refractivity contribution < 1.29 is 26.8 Å². The molecule has 1 aliphatic rings. The van der Waals surface area contributed by atoms with Crippen LogP contribution >= 0.6 is 0 Å². The van der Waals surface area contributed by atoms with Crippen LogP contribution in [-0.4, -0.2) is 32.0 Å². The fourth-order valence-electron chi connectivity index (χ4n) is 3.45. The van der Waals surface area contributed by atoms with Crippen LogP contribution in [-0.2, 0) is 21.1 Å². The molecule has 31 heavy (non-hydrogen) atoms. The molecule has 2 aromatic carbocycles. The van der Waals surface area contributed by atoms with Crippen molar-refractivity contribution in [3.05, 3.63) is 78.0 Å². The molecule has 4 rings (SSSR count). The first-order valence-electron chi connectivity index (χ1n) is 9.54. The van der Waals surface area contributed by atoms with E-state index in [4.69, 9.17) is 4.42 Å². The maximum Gasteiger partial charge on any atom is 0.261 e. The monoisotopic (exact) mass is 442 g/mol. The molecule has 0 bridgehead atoms. The lowest BCUT2D eigenvalue weighted by molar-refractivity contribution is -0.115. The molecule has 2 heterocycles. The van der Waals surface area contributed by atoms with Crippen molar-refractivity contribution in [1.82, 2.24) is 0 Å². The molecule has 160 valence electrons. The first-order valence-corrected chi connectivity index (χ1v) is 11.1. The highest BCUT2D eigenvalue weighted by Crippen LogP contribution is 2.32. The van der Waals surface area contributed by atoms with Crippen molar-refractivity contribution in [2.75, 3.05) is 16.8 Å². The number of carbonyl (C=O) groups excluding carboxylic acids is 2. The lowest BCUT2D eigenvalue weighted by atomic mass is 10.1. The number of nitrogens with one attached hydrogen (secondary N) is 1. The molecule has 1 atom stereocenters. The first-order chi connectivity index (χ1) is 14.8. The predicted molar refractivity (Wildman–Crippen MR) is 112 cm³/mol. The molecule has 1 N–H and O–H groups in total. The number of rotatable bonds is 5. The molecule has 9 heteroatoms. The summed E-state index contributed by atoms with van der Waals surface area (Å²) in [6, 6.07) is 11.0. The van der Waals surface area contributed by atoms with E-state index in [1.807, 2.05) is 0 Å². The van der Waals surface area contributed by atoms with Gasteiger partial charge in [0, 0.05) is 17.9 Å². The molecule has 1 unspecified atom stereocenters. The summed E-state index contributed by atoms with van der Waals surface area (Å²) in [5.41, 5.74) is 2.48. The van der Waals surface area contributed by atoms with Gasteiger partial charge in [-0.05, 0) is 67.4 Å². The minimum atomic E-state index is -3.97. The van der Waals surface area contributed by atoms with E-state index < -0.39 is 26.8 Å². The summed E-state index contributed by atoms with van der Waals surface area (Å²) in [4.78, 5) is 26.7. The van der Waals surface area contributed by atoms with Gasteiger partial charge in [0.15, 0.2) is 9.84 Å². The standard InChI is InChI=1S/C22H19FN2O5S/c1-14(31(28,29)19-5-2-17(23)3-6-19)21(26)24-18-4-7-20-15(12-18)8-10-25(20)22(27)16-9-11-30-13-16/h2-7,9,11-14H,8,10H2,1H3,(H,24,26). The van der Waals surface area contributed by atoms with E-state index in [1.165, 1.54) is 19.5 Å². The van der Waals surface area contributed by atoms with Gasteiger partial charge in [0.25, 0.3) is 5.91 Å². The van der Waals surface area contributed by atoms with Crippen LogP contribution in [0.5, 0.6) is 0 Å². The Morgan fingerprint density at radius 1 is 1.13 bits per heavy atom. The topological polar surface area (TPSA) is 96.7 Å². The molecule has 0 aliphatic carbocycles. The number of amides is 2. The summed E-state index contributed by atoms with van der Waals surface area (Å²) in [6.07, 6.45) is 3.42. The Bertz CT molecular complexity index is 1240. The summed E-state index contributed by atoms with van der Waals surface area (Å²) in [7, 11) is -3.97. The number of benzene rings is 2. The van der Waals surface area contributed by atoms with Crippen LogP contribution in [0.4, 0.5) is 15.8 Å². The second-order valence-electron chi connectivity index (χ2n) is 7.19. The molecule has 1 aromatic heterocycles. The maximum absolute atomic E-state index is 13.1. The number of halogens is 1. The third-order valence-electron chi connectivity index (χ3n) is 5.23. The Morgan fingerprint density at radius 2 is 1.87 bits per heavy atom. The number of hydrogen-bond donors (Lipinski definition) is 1. The molecule has 0 spiro atoms. The maximum atomic E-state index is 13.1. The SMILES string of the molecule is CC(C(=O)Nc1ccc2c(c1)CCN2C(=O)c1ccoc1)S(=O)(=O)c1ccc(F)cc1. The number of hydrogen-bond acceptors (Lipinski definition) is 5. The average Bonchev–Trinajstić information content (AvgIpc) is 3.43. The summed E-state index contributed by atoms with van der Waals surface area (Å²) < 4.78 is 43.4. The Kier molecular flexibility index (Phi) is 5.36. The molecule has 0 saturated carbocycles. The van der Waals surface area contributed by atoms with Crippen molar-refractivity contribution >= 4 is 33.0 Å². The van der Waals surface area contributed by atoms with Gasteiger partial charge < -0.3 is 14.6 Å². The van der Waals surface area contributed by atoms with Crippen LogP contribution in [0.2, 0.25) is 0 Å². The Morgan fingerprint density at radius 3 is 2.55 bits per heavy atom. The number of furan rings is 1. The van der Waals surface area contributed by atoms with Gasteiger partial charge in [-0.15, -0.1) is 0 Å². The van der Waals surface area contributed by atoms with E-state index in [-0.39, 0.29) is 10.8 Å². The van der Waals surface area contributed by atoms with Gasteiger partial charge in [-0.2, -0.15) is 0 Å². The molecule has 0 saturated heterocycles. The van der Waals surface area contributed by atoms with E-state index in [9.17, 15) is 22.4 Å². The van der Waals surface area contributed by atoms with E-state index >= 15 is 0 Å². The molecule has 0 radical (unpaired) electrons. The van der Waals surface area contributed by atoms with Gasteiger partial charge in [-0.3, -0.25) is 9.59 Å². The van der Waals surface area contributed by atoms with Crippen molar-refractivity contribution in [1.29, 1.82) is 0 Å². The van der Waals surface area contributed by atoms with Crippen LogP contribution in [0.1, 0.15) is 22.8 Å². The average molecular weight is 442 g/mol. The fourth-order valence-corrected chi connectivity index (χ4v) is 4.71. The van der Waals surface area contributed by atoms with Crippen LogP contribution in [0, 0.1) is 5.82 Å². The number of fused-ring (bicyclic) bond motifs is 1. The zero-order valence-electron chi connectivity index (χ0n) is 16.5. The normalized spacial score (nSPS) is 14.2. The minimum absolute atomic E-state index is 0.126. The number of sulfone groups is 1. The highest BCUT2D eigenvalue weighted by molar-refractivity contribution is 7.92. The Labute approximate surface area is 178 Å². The van der Waals surface area contributed by atoms with E-state index in [0.29, 0.717) is 24.2 Å². The van der Waals surface area contributed by atoms with Crippen molar-refractivity contribution in [2.24, 2.45) is 0 Å². The molecule has 2 amide bonds. The largest absolute Gasteiger partial charge is 0.472 e. The van der Waals surface area contributed by atoms with Crippen LogP contribution in [0.15, 0.2) is 70.4 Å². The van der Waals surface area contributed by atoms with Gasteiger partial charge in [-0.25, -0.2) is 12.8 Å². The van der Waals surface area contributed by atoms with Gasteiger partial charge in [0.05, 0.1) is 16.7 Å². The van der Waals surface area contributed by atoms with Crippen LogP contribution in [0.3, 0.4) is 0 Å². The lowest BCUT2D eigenvalue weighted by Crippen LogP contribution is -2.32. The molecule has 7 nitrogen and oxygen atoms in total. The smallest absolute Gasteiger partial charge is 0.261 e. The summed E-state index contributed by atoms with van der Waals surface area (Å²) in [5.74, 6) is -1.44. The van der Waals surface area contributed by atoms with Crippen molar-refractivity contribution in [2.45, 2.75) is 23.5 Å². The zero-order valence-corrected chi connectivity index (χ0v) is 17.4. The quantitative estimate of drug-likeness (QED) is 0.611. The van der Waals surface area contributed by atoms with Crippen LogP contribution < -0.4 is 10.2 Å². The van der Waals surface area contributed by atoms with Gasteiger partial charge >= 0.3 is 0 Å². The van der Waals surface area contributed by atoms with Gasteiger partial charge in [-0.1, -0.05) is 0 Å². The Balaban J connectivity index is 1.49. The lowest BCUT2D eigenvalue weighted by Gasteiger charge is -2.17. The number of carbonyl (C=O) groups is 2. The highest BCUT2D eigenvalue weighted by atomic mass is 32.2. The number of anilines is 2. The summed E-state index contributed by atoms with van der Waals surface area (Å²) in [6.45, 7) is 1.78. The van der Waals surface area contributed by atoms with Gasteiger partial charge in [0.2, 0.25) is 5.91 Å². The Hall–Kier alpha value is -3.46. The third-order valence-corrected chi connectivity index (χ3v) is 7.31. The predicted octanol–water partition coefficient (Wildman–Crippen LogP) is 3.42. The fraction of sp³-hybridized carbons (Fsp3) is 0.182. The van der Waals surface area contributed by atoms with E-state index in [0.717, 1.165) is 35.5 Å². The van der Waals surface area contributed by atoms with Crippen molar-refractivity contribution in [3.63, 3.8) is 0 Å². The molecular weight excluding hydrogens is 423 g/mol. The minimum Gasteiger partial charge on any atom is -0.472 e. The number of nitrogens with zero attached hydrogens (tertiary/aromatic N) is 1. The molecule has 1 aliphatic heterocycles. The van der Waals surface area contributed by atoms with E-state index in [1.54, 1.807) is 29.2 Å². The molecule has 3 aromatic rings. The van der Waals surface area contributed by atoms with E-state index in [2.05, 4.69) is 5.32 Å². The molecular formula is C22H19FN2O5S. The van der Waals surface area contributed by atoms with Crippen LogP contribution in [0.25, 0.3) is 0 Å².